The normalized spacial score (nSPS) is 14.7. The van der Waals surface area contributed by atoms with Crippen molar-refractivity contribution in [2.45, 2.75) is 44.8 Å². The highest BCUT2D eigenvalue weighted by Gasteiger charge is 2.27. The number of carbonyl (C=O) groups is 4. The fourth-order valence-electron chi connectivity index (χ4n) is 1.64. The molecule has 0 aliphatic heterocycles. The second kappa shape index (κ2) is 10.1. The van der Waals surface area contributed by atoms with Crippen molar-refractivity contribution in [2.24, 2.45) is 11.7 Å². The Morgan fingerprint density at radius 1 is 1.09 bits per heavy atom. The van der Waals surface area contributed by atoms with Crippen LogP contribution in [0.1, 0.15) is 26.7 Å². The van der Waals surface area contributed by atoms with Gasteiger partial charge in [-0.05, 0) is 12.3 Å². The number of nitrogens with one attached hydrogen (secondary N) is 2. The lowest BCUT2D eigenvalue weighted by Gasteiger charge is -2.22. The third kappa shape index (κ3) is 7.84. The number of aliphatic carboxylic acids is 2. The van der Waals surface area contributed by atoms with Crippen LogP contribution in [0.3, 0.4) is 0 Å². The summed E-state index contributed by atoms with van der Waals surface area (Å²) in [7, 11) is 0. The van der Waals surface area contributed by atoms with Gasteiger partial charge in [-0.25, -0.2) is 4.79 Å². The summed E-state index contributed by atoms with van der Waals surface area (Å²) >= 11 is 3.96. The van der Waals surface area contributed by atoms with Crippen molar-refractivity contribution in [1.29, 1.82) is 0 Å². The van der Waals surface area contributed by atoms with E-state index in [4.69, 9.17) is 15.9 Å². The fraction of sp³-hybridized carbons (Fsp3) is 0.692. The Labute approximate surface area is 139 Å². The summed E-state index contributed by atoms with van der Waals surface area (Å²) in [6.45, 7) is 3.28. The Morgan fingerprint density at radius 3 is 2.04 bits per heavy atom. The van der Waals surface area contributed by atoms with Crippen LogP contribution in [0.4, 0.5) is 0 Å². The molecule has 3 atom stereocenters. The van der Waals surface area contributed by atoms with E-state index in [0.717, 1.165) is 0 Å². The van der Waals surface area contributed by atoms with Crippen molar-refractivity contribution in [2.75, 3.05) is 5.75 Å². The molecule has 0 aromatic rings. The Morgan fingerprint density at radius 2 is 1.65 bits per heavy atom. The maximum Gasteiger partial charge on any atom is 0.326 e. The van der Waals surface area contributed by atoms with E-state index in [2.05, 4.69) is 23.3 Å². The van der Waals surface area contributed by atoms with E-state index < -0.39 is 41.9 Å². The zero-order valence-corrected chi connectivity index (χ0v) is 13.9. The second-order valence-corrected chi connectivity index (χ2v) is 5.72. The van der Waals surface area contributed by atoms with Gasteiger partial charge in [-0.3, -0.25) is 14.4 Å². The first-order valence-electron chi connectivity index (χ1n) is 7.01. The Hall–Kier alpha value is -1.81. The second-order valence-electron chi connectivity index (χ2n) is 5.35. The van der Waals surface area contributed by atoms with E-state index in [1.54, 1.807) is 13.8 Å². The van der Waals surface area contributed by atoms with Crippen molar-refractivity contribution >= 4 is 36.4 Å². The standard InChI is InChI=1S/C13H23N3O6S/c1-6(2)10(13(21)22)16-11(18)8(5-23)15-9(17)4-3-7(14)12(19)20/h6-8,10,23H,3-5,14H2,1-2H3,(H,15,17)(H,16,18)(H,19,20)(H,21,22)/t7-,8-,10+/m0/s1. The molecule has 23 heavy (non-hydrogen) atoms. The number of carboxylic acid groups (broad SMARTS) is 2. The number of thiol groups is 1. The molecule has 0 aliphatic carbocycles. The van der Waals surface area contributed by atoms with Gasteiger partial charge in [-0.2, -0.15) is 12.6 Å². The quantitative estimate of drug-likeness (QED) is 0.271. The van der Waals surface area contributed by atoms with Crippen molar-refractivity contribution in [1.82, 2.24) is 10.6 Å². The molecule has 0 aromatic heterocycles. The van der Waals surface area contributed by atoms with E-state index in [1.807, 2.05) is 0 Å². The molecule has 9 nitrogen and oxygen atoms in total. The number of carbonyl (C=O) groups excluding carboxylic acids is 2. The van der Waals surface area contributed by atoms with Crippen LogP contribution in [0.15, 0.2) is 0 Å². The van der Waals surface area contributed by atoms with Gasteiger partial charge in [-0.1, -0.05) is 13.8 Å². The molecule has 0 unspecified atom stereocenters. The van der Waals surface area contributed by atoms with E-state index in [-0.39, 0.29) is 24.5 Å². The van der Waals surface area contributed by atoms with E-state index in [0.29, 0.717) is 0 Å². The minimum absolute atomic E-state index is 0.0347. The highest BCUT2D eigenvalue weighted by molar-refractivity contribution is 7.80. The van der Waals surface area contributed by atoms with Crippen LogP contribution < -0.4 is 16.4 Å². The molecule has 0 heterocycles. The molecule has 0 saturated heterocycles. The molecule has 0 spiro atoms. The minimum atomic E-state index is -1.22. The molecule has 0 rings (SSSR count). The molecule has 0 saturated carbocycles. The van der Waals surface area contributed by atoms with E-state index >= 15 is 0 Å². The molecule has 0 aromatic carbocycles. The Kier molecular flexibility index (Phi) is 9.27. The largest absolute Gasteiger partial charge is 0.480 e. The third-order valence-electron chi connectivity index (χ3n) is 3.06. The van der Waals surface area contributed by atoms with Crippen LogP contribution in [-0.2, 0) is 19.2 Å². The van der Waals surface area contributed by atoms with Gasteiger partial charge in [0.15, 0.2) is 0 Å². The number of carboxylic acids is 2. The summed E-state index contributed by atoms with van der Waals surface area (Å²) in [5.41, 5.74) is 5.28. The first-order valence-corrected chi connectivity index (χ1v) is 7.65. The molecule has 0 aliphatic rings. The lowest BCUT2D eigenvalue weighted by atomic mass is 10.0. The topological polar surface area (TPSA) is 159 Å². The van der Waals surface area contributed by atoms with Crippen LogP contribution in [-0.4, -0.2) is 57.8 Å². The first kappa shape index (κ1) is 21.2. The molecular formula is C13H23N3O6S. The smallest absolute Gasteiger partial charge is 0.326 e. The molecule has 6 N–H and O–H groups in total. The monoisotopic (exact) mass is 349 g/mol. The highest BCUT2D eigenvalue weighted by atomic mass is 32.1. The third-order valence-corrected chi connectivity index (χ3v) is 3.43. The molecule has 10 heteroatoms. The van der Waals surface area contributed by atoms with E-state index in [1.165, 1.54) is 0 Å². The van der Waals surface area contributed by atoms with Crippen molar-refractivity contribution in [3.05, 3.63) is 0 Å². The lowest BCUT2D eigenvalue weighted by Crippen LogP contribution is -2.54. The van der Waals surface area contributed by atoms with Crippen molar-refractivity contribution in [3.63, 3.8) is 0 Å². The highest BCUT2D eigenvalue weighted by Crippen LogP contribution is 2.03. The number of rotatable bonds is 10. The summed E-state index contributed by atoms with van der Waals surface area (Å²) in [5, 5.41) is 22.4. The van der Waals surface area contributed by atoms with Crippen LogP contribution in [0.5, 0.6) is 0 Å². The van der Waals surface area contributed by atoms with Gasteiger partial charge in [0, 0.05) is 12.2 Å². The zero-order chi connectivity index (χ0) is 18.2. The van der Waals surface area contributed by atoms with Crippen molar-refractivity contribution < 1.29 is 29.4 Å². The minimum Gasteiger partial charge on any atom is -0.480 e. The summed E-state index contributed by atoms with van der Waals surface area (Å²) in [5.74, 6) is -3.99. The maximum atomic E-state index is 12.0. The summed E-state index contributed by atoms with van der Waals surface area (Å²) < 4.78 is 0. The van der Waals surface area contributed by atoms with Gasteiger partial charge < -0.3 is 26.6 Å². The van der Waals surface area contributed by atoms with Crippen molar-refractivity contribution in [3.8, 4) is 0 Å². The Balaban J connectivity index is 4.58. The van der Waals surface area contributed by atoms with Gasteiger partial charge in [0.05, 0.1) is 0 Å². The molecule has 0 radical (unpaired) electrons. The predicted octanol–water partition coefficient (Wildman–Crippen LogP) is -1.18. The average Bonchev–Trinajstić information content (AvgIpc) is 2.46. The maximum absolute atomic E-state index is 12.0. The molecule has 2 amide bonds. The first-order chi connectivity index (χ1) is 10.6. The predicted molar refractivity (Wildman–Crippen MR) is 85.0 cm³/mol. The number of amides is 2. The van der Waals surface area contributed by atoms with Gasteiger partial charge >= 0.3 is 11.9 Å². The van der Waals surface area contributed by atoms with Crippen LogP contribution in [0.25, 0.3) is 0 Å². The van der Waals surface area contributed by atoms with Gasteiger partial charge in [0.1, 0.15) is 18.1 Å². The Bertz CT molecular complexity index is 457. The van der Waals surface area contributed by atoms with Gasteiger partial charge in [-0.15, -0.1) is 0 Å². The summed E-state index contributed by atoms with van der Waals surface area (Å²) in [6, 6.07) is -3.27. The zero-order valence-electron chi connectivity index (χ0n) is 13.0. The molecule has 132 valence electrons. The van der Waals surface area contributed by atoms with Crippen LogP contribution in [0.2, 0.25) is 0 Å². The lowest BCUT2D eigenvalue weighted by molar-refractivity contribution is -0.143. The summed E-state index contributed by atoms with van der Waals surface area (Å²) in [4.78, 5) is 45.3. The summed E-state index contributed by atoms with van der Waals surface area (Å²) in [6.07, 6.45) is -0.247. The average molecular weight is 349 g/mol. The van der Waals surface area contributed by atoms with Gasteiger partial charge in [0.2, 0.25) is 11.8 Å². The molecular weight excluding hydrogens is 326 g/mol. The molecule has 0 bridgehead atoms. The molecule has 0 fully saturated rings. The fourth-order valence-corrected chi connectivity index (χ4v) is 1.90. The van der Waals surface area contributed by atoms with Crippen LogP contribution in [0, 0.1) is 5.92 Å². The number of hydrogen-bond acceptors (Lipinski definition) is 6. The van der Waals surface area contributed by atoms with E-state index in [9.17, 15) is 19.2 Å². The number of hydrogen-bond donors (Lipinski definition) is 6. The number of nitrogens with two attached hydrogens (primary N) is 1. The van der Waals surface area contributed by atoms with Gasteiger partial charge in [0.25, 0.3) is 0 Å². The van der Waals surface area contributed by atoms with Crippen LogP contribution >= 0.6 is 12.6 Å². The SMILES string of the molecule is CC(C)[C@@H](NC(=O)[C@H](CS)NC(=O)CC[C@H](N)C(=O)O)C(=O)O.